The number of thiocarbonyl (C=S) groups is 1. The molecule has 0 heterocycles. The van der Waals surface area contributed by atoms with Crippen LogP contribution in [0.3, 0.4) is 0 Å². The molecule has 0 bridgehead atoms. The highest BCUT2D eigenvalue weighted by molar-refractivity contribution is 7.80. The van der Waals surface area contributed by atoms with Gasteiger partial charge in [-0.3, -0.25) is 4.79 Å². The first-order valence-electron chi connectivity index (χ1n) is 6.92. The first-order valence-corrected chi connectivity index (χ1v) is 7.33. The monoisotopic (exact) mass is 308 g/mol. The molecule has 0 aliphatic heterocycles. The number of hydrogen-bond donors (Lipinski definition) is 2. The van der Waals surface area contributed by atoms with Crippen molar-refractivity contribution in [1.82, 2.24) is 4.90 Å². The lowest BCUT2D eigenvalue weighted by Crippen LogP contribution is -2.52. The molecule has 0 unspecified atom stereocenters. The number of nitrogens with zero attached hydrogens (tertiary/aromatic N) is 1. The van der Waals surface area contributed by atoms with Gasteiger partial charge in [0.05, 0.1) is 23.6 Å². The van der Waals surface area contributed by atoms with Crippen LogP contribution >= 0.6 is 12.2 Å². The predicted molar refractivity (Wildman–Crippen MR) is 76.6 cm³/mol. The quantitative estimate of drug-likeness (QED) is 0.579. The maximum Gasteiger partial charge on any atom is 0.255 e. The SMILES string of the molecule is NC(=S)C1(C(=O)N(CCO)CC(F)F)CCCCCC1. The van der Waals surface area contributed by atoms with Crippen molar-refractivity contribution in [3.63, 3.8) is 0 Å². The summed E-state index contributed by atoms with van der Waals surface area (Å²) in [6.07, 6.45) is 1.98. The van der Waals surface area contributed by atoms with Crippen LogP contribution in [0, 0.1) is 5.41 Å². The Morgan fingerprint density at radius 1 is 1.30 bits per heavy atom. The Morgan fingerprint density at radius 3 is 2.25 bits per heavy atom. The van der Waals surface area contributed by atoms with Crippen molar-refractivity contribution >= 4 is 23.1 Å². The zero-order valence-corrected chi connectivity index (χ0v) is 12.3. The molecule has 0 atom stereocenters. The van der Waals surface area contributed by atoms with Gasteiger partial charge >= 0.3 is 0 Å². The van der Waals surface area contributed by atoms with E-state index in [4.69, 9.17) is 23.1 Å². The van der Waals surface area contributed by atoms with E-state index in [-0.39, 0.29) is 18.1 Å². The van der Waals surface area contributed by atoms with Crippen LogP contribution in [-0.2, 0) is 4.79 Å². The van der Waals surface area contributed by atoms with Crippen LogP contribution in [0.2, 0.25) is 0 Å². The zero-order valence-electron chi connectivity index (χ0n) is 11.5. The van der Waals surface area contributed by atoms with Crippen molar-refractivity contribution < 1.29 is 18.7 Å². The molecule has 1 fully saturated rings. The van der Waals surface area contributed by atoms with Gasteiger partial charge in [0.1, 0.15) is 0 Å². The molecule has 0 aromatic rings. The summed E-state index contributed by atoms with van der Waals surface area (Å²) in [6.45, 7) is -1.16. The Bertz CT molecular complexity index is 345. The number of halogens is 2. The Labute approximate surface area is 123 Å². The molecule has 0 saturated heterocycles. The molecule has 116 valence electrons. The number of hydrogen-bond acceptors (Lipinski definition) is 3. The Morgan fingerprint density at radius 2 is 1.85 bits per heavy atom. The molecule has 1 aliphatic carbocycles. The fourth-order valence-electron chi connectivity index (χ4n) is 2.76. The van der Waals surface area contributed by atoms with Gasteiger partial charge in [0.15, 0.2) is 0 Å². The Hall–Kier alpha value is -0.820. The summed E-state index contributed by atoms with van der Waals surface area (Å²) in [5.74, 6) is -0.457. The summed E-state index contributed by atoms with van der Waals surface area (Å²) < 4.78 is 25.2. The van der Waals surface area contributed by atoms with E-state index >= 15 is 0 Å². The van der Waals surface area contributed by atoms with Gasteiger partial charge in [-0.2, -0.15) is 0 Å². The third kappa shape index (κ3) is 4.09. The zero-order chi connectivity index (χ0) is 15.2. The summed E-state index contributed by atoms with van der Waals surface area (Å²) in [5.41, 5.74) is 4.75. The topological polar surface area (TPSA) is 66.6 Å². The molecule has 3 N–H and O–H groups in total. The summed E-state index contributed by atoms with van der Waals surface area (Å²) in [7, 11) is 0. The molecule has 1 aliphatic rings. The van der Waals surface area contributed by atoms with Gasteiger partial charge in [0, 0.05) is 6.54 Å². The summed E-state index contributed by atoms with van der Waals surface area (Å²) in [5, 5.41) is 8.97. The lowest BCUT2D eigenvalue weighted by Gasteiger charge is -2.35. The predicted octanol–water partition coefficient (Wildman–Crippen LogP) is 1.70. The summed E-state index contributed by atoms with van der Waals surface area (Å²) in [4.78, 5) is 13.7. The van der Waals surface area contributed by atoms with E-state index in [1.54, 1.807) is 0 Å². The Kier molecular flexibility index (Phi) is 6.75. The maximum atomic E-state index is 12.7. The van der Waals surface area contributed by atoms with E-state index in [1.807, 2.05) is 0 Å². The fraction of sp³-hybridized carbons (Fsp3) is 0.846. The number of carbonyl (C=O) groups is 1. The van der Waals surface area contributed by atoms with Crippen LogP contribution in [0.1, 0.15) is 38.5 Å². The second kappa shape index (κ2) is 7.83. The first kappa shape index (κ1) is 17.2. The normalized spacial score (nSPS) is 18.6. The van der Waals surface area contributed by atoms with Crippen LogP contribution < -0.4 is 5.73 Å². The van der Waals surface area contributed by atoms with Crippen molar-refractivity contribution in [2.45, 2.75) is 45.0 Å². The fourth-order valence-corrected chi connectivity index (χ4v) is 3.05. The van der Waals surface area contributed by atoms with Gasteiger partial charge in [-0.1, -0.05) is 37.9 Å². The standard InChI is InChI=1S/C13H22F2N2O2S/c14-10(15)9-17(7-8-18)12(19)13(11(16)20)5-3-1-2-4-6-13/h10,18H,1-9H2,(H2,16,20). The number of carbonyl (C=O) groups excluding carboxylic acids is 1. The smallest absolute Gasteiger partial charge is 0.255 e. The number of alkyl halides is 2. The van der Waals surface area contributed by atoms with Crippen molar-refractivity contribution in [2.75, 3.05) is 19.7 Å². The lowest BCUT2D eigenvalue weighted by atomic mass is 9.78. The molecule has 0 aromatic heterocycles. The summed E-state index contributed by atoms with van der Waals surface area (Å²) >= 11 is 5.06. The number of amides is 1. The van der Waals surface area contributed by atoms with Gasteiger partial charge in [-0.25, -0.2) is 8.78 Å². The van der Waals surface area contributed by atoms with Crippen LogP contribution in [0.25, 0.3) is 0 Å². The van der Waals surface area contributed by atoms with Gasteiger partial charge in [0.2, 0.25) is 5.91 Å². The molecular weight excluding hydrogens is 286 g/mol. The van der Waals surface area contributed by atoms with Gasteiger partial charge in [-0.15, -0.1) is 0 Å². The lowest BCUT2D eigenvalue weighted by molar-refractivity contribution is -0.141. The molecule has 0 aromatic carbocycles. The number of aliphatic hydroxyl groups excluding tert-OH is 1. The minimum Gasteiger partial charge on any atom is -0.395 e. The minimum atomic E-state index is -2.64. The van der Waals surface area contributed by atoms with E-state index in [0.29, 0.717) is 12.8 Å². The van der Waals surface area contributed by atoms with Gasteiger partial charge in [0.25, 0.3) is 6.43 Å². The molecule has 0 spiro atoms. The number of rotatable bonds is 6. The first-order chi connectivity index (χ1) is 9.44. The van der Waals surface area contributed by atoms with E-state index in [0.717, 1.165) is 30.6 Å². The molecule has 1 saturated carbocycles. The summed E-state index contributed by atoms with van der Waals surface area (Å²) in [6, 6.07) is 0. The number of aliphatic hydroxyl groups is 1. The second-order valence-electron chi connectivity index (χ2n) is 5.23. The van der Waals surface area contributed by atoms with E-state index in [2.05, 4.69) is 0 Å². The molecule has 20 heavy (non-hydrogen) atoms. The molecule has 4 nitrogen and oxygen atoms in total. The minimum absolute atomic E-state index is 0.0848. The van der Waals surface area contributed by atoms with Crippen molar-refractivity contribution in [2.24, 2.45) is 11.1 Å². The van der Waals surface area contributed by atoms with Crippen LogP contribution in [0.15, 0.2) is 0 Å². The van der Waals surface area contributed by atoms with Crippen molar-refractivity contribution in [3.05, 3.63) is 0 Å². The highest BCUT2D eigenvalue weighted by Gasteiger charge is 2.44. The van der Waals surface area contributed by atoms with E-state index in [9.17, 15) is 13.6 Å². The van der Waals surface area contributed by atoms with Crippen molar-refractivity contribution in [1.29, 1.82) is 0 Å². The maximum absolute atomic E-state index is 12.7. The van der Waals surface area contributed by atoms with Crippen LogP contribution in [-0.4, -0.2) is 47.0 Å². The molecular formula is C13H22F2N2O2S. The number of nitrogens with two attached hydrogens (primary N) is 1. The second-order valence-corrected chi connectivity index (χ2v) is 5.67. The molecule has 7 heteroatoms. The molecule has 0 radical (unpaired) electrons. The van der Waals surface area contributed by atoms with Gasteiger partial charge < -0.3 is 15.7 Å². The Balaban J connectivity index is 2.97. The highest BCUT2D eigenvalue weighted by Crippen LogP contribution is 2.37. The third-order valence-electron chi connectivity index (χ3n) is 3.85. The average Bonchev–Trinajstić information content (AvgIpc) is 2.63. The average molecular weight is 308 g/mol. The van der Waals surface area contributed by atoms with Crippen LogP contribution in [0.5, 0.6) is 0 Å². The van der Waals surface area contributed by atoms with E-state index in [1.165, 1.54) is 0 Å². The molecule has 1 amide bonds. The van der Waals surface area contributed by atoms with Crippen molar-refractivity contribution in [3.8, 4) is 0 Å². The van der Waals surface area contributed by atoms with Crippen LogP contribution in [0.4, 0.5) is 8.78 Å². The third-order valence-corrected chi connectivity index (χ3v) is 4.24. The highest BCUT2D eigenvalue weighted by atomic mass is 32.1. The largest absolute Gasteiger partial charge is 0.395 e. The van der Waals surface area contributed by atoms with E-state index < -0.39 is 24.3 Å². The van der Waals surface area contributed by atoms with Gasteiger partial charge in [-0.05, 0) is 12.8 Å². The molecule has 1 rings (SSSR count).